The van der Waals surface area contributed by atoms with Crippen LogP contribution < -0.4 is 5.32 Å². The second-order valence-electron chi connectivity index (χ2n) is 4.02. The summed E-state index contributed by atoms with van der Waals surface area (Å²) in [4.78, 5) is 17.4. The van der Waals surface area contributed by atoms with E-state index in [4.69, 9.17) is 0 Å². The van der Waals surface area contributed by atoms with Gasteiger partial charge in [-0.15, -0.1) is 0 Å². The molecule has 0 aliphatic heterocycles. The maximum atomic E-state index is 10.6. The van der Waals surface area contributed by atoms with Gasteiger partial charge in [0.05, 0.1) is 4.92 Å². The maximum Gasteiger partial charge on any atom is 0.269 e. The van der Waals surface area contributed by atoms with Crippen molar-refractivity contribution >= 4 is 5.69 Å². The van der Waals surface area contributed by atoms with Gasteiger partial charge in [-0.25, -0.2) is 4.98 Å². The summed E-state index contributed by atoms with van der Waals surface area (Å²) in [5, 5.41) is 13.8. The van der Waals surface area contributed by atoms with Crippen molar-refractivity contribution in [2.75, 3.05) is 0 Å². The lowest BCUT2D eigenvalue weighted by molar-refractivity contribution is -0.384. The summed E-state index contributed by atoms with van der Waals surface area (Å²) in [5.74, 6) is 0.877. The van der Waals surface area contributed by atoms with Crippen molar-refractivity contribution in [2.24, 2.45) is 0 Å². The zero-order valence-electron chi connectivity index (χ0n) is 10.0. The molecule has 2 rings (SSSR count). The fourth-order valence-electron chi connectivity index (χ4n) is 1.68. The van der Waals surface area contributed by atoms with E-state index in [0.717, 1.165) is 17.1 Å². The van der Waals surface area contributed by atoms with Gasteiger partial charge >= 0.3 is 0 Å². The van der Waals surface area contributed by atoms with E-state index in [-0.39, 0.29) is 10.6 Å². The van der Waals surface area contributed by atoms with Gasteiger partial charge in [0.25, 0.3) is 5.69 Å². The van der Waals surface area contributed by atoms with Crippen molar-refractivity contribution in [1.82, 2.24) is 15.3 Å². The maximum absolute atomic E-state index is 10.6. The number of hydrogen-bond acceptors (Lipinski definition) is 4. The molecular formula is C12H14N4O2. The second-order valence-corrected chi connectivity index (χ2v) is 4.02. The number of non-ortho nitro benzene ring substituents is 1. The first kappa shape index (κ1) is 12.3. The van der Waals surface area contributed by atoms with Crippen LogP contribution in [-0.2, 0) is 13.1 Å². The highest BCUT2D eigenvalue weighted by atomic mass is 16.6. The summed E-state index contributed by atoms with van der Waals surface area (Å²) >= 11 is 0. The fourth-order valence-corrected chi connectivity index (χ4v) is 1.68. The van der Waals surface area contributed by atoms with Gasteiger partial charge in [-0.1, -0.05) is 12.1 Å². The van der Waals surface area contributed by atoms with Crippen molar-refractivity contribution in [3.63, 3.8) is 0 Å². The summed E-state index contributed by atoms with van der Waals surface area (Å²) in [6.07, 6.45) is 1.77. The monoisotopic (exact) mass is 246 g/mol. The van der Waals surface area contributed by atoms with Gasteiger partial charge < -0.3 is 10.3 Å². The SMILES string of the molecule is Cc1ncc(CNCc2cccc([N+](=O)[O-])c2)[nH]1. The Labute approximate surface area is 104 Å². The van der Waals surface area contributed by atoms with E-state index in [1.165, 1.54) is 6.07 Å². The van der Waals surface area contributed by atoms with Crippen LogP contribution in [0.4, 0.5) is 5.69 Å². The second kappa shape index (κ2) is 5.42. The van der Waals surface area contributed by atoms with Crippen molar-refractivity contribution in [3.05, 3.63) is 57.7 Å². The number of H-pyrrole nitrogens is 1. The summed E-state index contributed by atoms with van der Waals surface area (Å²) < 4.78 is 0. The molecular weight excluding hydrogens is 232 g/mol. The third-order valence-electron chi connectivity index (χ3n) is 2.52. The van der Waals surface area contributed by atoms with E-state index < -0.39 is 0 Å². The zero-order valence-corrected chi connectivity index (χ0v) is 10.0. The van der Waals surface area contributed by atoms with Gasteiger partial charge in [0, 0.05) is 37.1 Å². The molecule has 2 aromatic rings. The lowest BCUT2D eigenvalue weighted by Gasteiger charge is -2.03. The quantitative estimate of drug-likeness (QED) is 0.623. The van der Waals surface area contributed by atoms with Crippen LogP contribution in [0.5, 0.6) is 0 Å². The number of aryl methyl sites for hydroxylation is 1. The molecule has 6 heteroatoms. The molecule has 0 radical (unpaired) electrons. The number of nitrogens with one attached hydrogen (secondary N) is 2. The number of rotatable bonds is 5. The first-order valence-corrected chi connectivity index (χ1v) is 5.59. The van der Waals surface area contributed by atoms with Crippen LogP contribution in [0.1, 0.15) is 17.1 Å². The van der Waals surface area contributed by atoms with Crippen molar-refractivity contribution < 1.29 is 4.92 Å². The largest absolute Gasteiger partial charge is 0.345 e. The Morgan fingerprint density at radius 3 is 2.94 bits per heavy atom. The van der Waals surface area contributed by atoms with E-state index in [1.807, 2.05) is 13.0 Å². The van der Waals surface area contributed by atoms with Gasteiger partial charge in [-0.3, -0.25) is 10.1 Å². The normalized spacial score (nSPS) is 10.5. The van der Waals surface area contributed by atoms with Crippen LogP contribution in [0.2, 0.25) is 0 Å². The van der Waals surface area contributed by atoms with Gasteiger partial charge in [-0.05, 0) is 12.5 Å². The third kappa shape index (κ3) is 3.14. The minimum absolute atomic E-state index is 0.117. The summed E-state index contributed by atoms with van der Waals surface area (Å²) in [5.41, 5.74) is 2.00. The first-order valence-electron chi connectivity index (χ1n) is 5.59. The van der Waals surface area contributed by atoms with Crippen LogP contribution in [0.3, 0.4) is 0 Å². The average molecular weight is 246 g/mol. The minimum Gasteiger partial charge on any atom is -0.345 e. The topological polar surface area (TPSA) is 83.8 Å². The molecule has 0 unspecified atom stereocenters. The molecule has 0 spiro atoms. The molecule has 0 aliphatic carbocycles. The number of aromatic amines is 1. The number of aromatic nitrogens is 2. The van der Waals surface area contributed by atoms with Gasteiger partial charge in [0.15, 0.2) is 0 Å². The first-order chi connectivity index (χ1) is 8.65. The summed E-state index contributed by atoms with van der Waals surface area (Å²) in [7, 11) is 0. The Morgan fingerprint density at radius 1 is 1.44 bits per heavy atom. The molecule has 0 saturated heterocycles. The Balaban J connectivity index is 1.90. The fraction of sp³-hybridized carbons (Fsp3) is 0.250. The molecule has 0 bridgehead atoms. The predicted molar refractivity (Wildman–Crippen MR) is 67.0 cm³/mol. The lowest BCUT2D eigenvalue weighted by atomic mass is 10.2. The molecule has 94 valence electrons. The molecule has 6 nitrogen and oxygen atoms in total. The number of benzene rings is 1. The zero-order chi connectivity index (χ0) is 13.0. The highest BCUT2D eigenvalue weighted by Crippen LogP contribution is 2.12. The molecule has 1 aromatic heterocycles. The molecule has 1 aromatic carbocycles. The Morgan fingerprint density at radius 2 is 2.28 bits per heavy atom. The van der Waals surface area contributed by atoms with Crippen LogP contribution in [0.15, 0.2) is 30.5 Å². The van der Waals surface area contributed by atoms with Gasteiger partial charge in [-0.2, -0.15) is 0 Å². The van der Waals surface area contributed by atoms with E-state index in [9.17, 15) is 10.1 Å². The van der Waals surface area contributed by atoms with Crippen LogP contribution in [-0.4, -0.2) is 14.9 Å². The predicted octanol–water partition coefficient (Wildman–Crippen LogP) is 1.92. The molecule has 0 fully saturated rings. The highest BCUT2D eigenvalue weighted by molar-refractivity contribution is 5.34. The molecule has 0 saturated carbocycles. The molecule has 2 N–H and O–H groups in total. The van der Waals surface area contributed by atoms with Crippen molar-refractivity contribution in [3.8, 4) is 0 Å². The summed E-state index contributed by atoms with van der Waals surface area (Å²) in [6.45, 7) is 3.13. The molecule has 18 heavy (non-hydrogen) atoms. The van der Waals surface area contributed by atoms with Crippen molar-refractivity contribution in [1.29, 1.82) is 0 Å². The number of imidazole rings is 1. The van der Waals surface area contributed by atoms with Gasteiger partial charge in [0.1, 0.15) is 5.82 Å². The Kier molecular flexibility index (Phi) is 3.69. The van der Waals surface area contributed by atoms with Crippen LogP contribution in [0, 0.1) is 17.0 Å². The standard InChI is InChI=1S/C12H14N4O2/c1-9-14-8-11(15-9)7-13-6-10-3-2-4-12(5-10)16(17)18/h2-5,8,13H,6-7H2,1H3,(H,14,15). The van der Waals surface area contributed by atoms with E-state index in [2.05, 4.69) is 15.3 Å². The van der Waals surface area contributed by atoms with E-state index in [1.54, 1.807) is 18.3 Å². The lowest BCUT2D eigenvalue weighted by Crippen LogP contribution is -2.13. The van der Waals surface area contributed by atoms with E-state index >= 15 is 0 Å². The molecule has 0 aliphatic rings. The number of hydrogen-bond donors (Lipinski definition) is 2. The average Bonchev–Trinajstić information content (AvgIpc) is 2.75. The molecule has 0 atom stereocenters. The third-order valence-corrected chi connectivity index (χ3v) is 2.52. The van der Waals surface area contributed by atoms with E-state index in [0.29, 0.717) is 13.1 Å². The number of nitrogens with zero attached hydrogens (tertiary/aromatic N) is 2. The Bertz CT molecular complexity index is 551. The molecule has 0 amide bonds. The van der Waals surface area contributed by atoms with Crippen molar-refractivity contribution in [2.45, 2.75) is 20.0 Å². The minimum atomic E-state index is -0.387. The number of nitro groups is 1. The molecule has 1 heterocycles. The van der Waals surface area contributed by atoms with Gasteiger partial charge in [0.2, 0.25) is 0 Å². The van der Waals surface area contributed by atoms with Crippen LogP contribution in [0.25, 0.3) is 0 Å². The summed E-state index contributed by atoms with van der Waals surface area (Å²) in [6, 6.07) is 6.61. The van der Waals surface area contributed by atoms with Crippen LogP contribution >= 0.6 is 0 Å². The smallest absolute Gasteiger partial charge is 0.269 e. The Hall–Kier alpha value is -2.21. The number of nitro benzene ring substituents is 1. The highest BCUT2D eigenvalue weighted by Gasteiger charge is 2.05.